The lowest BCUT2D eigenvalue weighted by molar-refractivity contribution is 0.0603. The van der Waals surface area contributed by atoms with Crippen molar-refractivity contribution in [1.82, 2.24) is 4.90 Å². The van der Waals surface area contributed by atoms with E-state index in [1.165, 1.54) is 12.1 Å². The SMILES string of the molecule is O=C(c1ccc(F)cc1)N1C2CCC1CC(Br)C2. The van der Waals surface area contributed by atoms with Crippen molar-refractivity contribution in [2.45, 2.75) is 42.6 Å². The summed E-state index contributed by atoms with van der Waals surface area (Å²) in [5.41, 5.74) is 0.598. The minimum Gasteiger partial charge on any atom is -0.333 e. The second-order valence-electron chi connectivity index (χ2n) is 5.17. The number of nitrogens with zero attached hydrogens (tertiary/aromatic N) is 1. The number of benzene rings is 1. The molecule has 2 bridgehead atoms. The topological polar surface area (TPSA) is 20.3 Å². The van der Waals surface area contributed by atoms with E-state index in [0.717, 1.165) is 25.7 Å². The van der Waals surface area contributed by atoms with Crippen LogP contribution in [0.1, 0.15) is 36.0 Å². The molecule has 3 rings (SSSR count). The fourth-order valence-corrected chi connectivity index (χ4v) is 4.05. The van der Waals surface area contributed by atoms with Crippen molar-refractivity contribution >= 4 is 21.8 Å². The summed E-state index contributed by atoms with van der Waals surface area (Å²) >= 11 is 3.66. The van der Waals surface area contributed by atoms with Gasteiger partial charge in [-0.1, -0.05) is 15.9 Å². The lowest BCUT2D eigenvalue weighted by atomic mass is 10.0. The van der Waals surface area contributed by atoms with Gasteiger partial charge >= 0.3 is 0 Å². The number of halogens is 2. The van der Waals surface area contributed by atoms with Crippen LogP contribution in [0, 0.1) is 5.82 Å². The summed E-state index contributed by atoms with van der Waals surface area (Å²) in [4.78, 5) is 15.0. The van der Waals surface area contributed by atoms with Gasteiger partial charge in [-0.05, 0) is 49.9 Å². The molecule has 18 heavy (non-hydrogen) atoms. The van der Waals surface area contributed by atoms with Crippen LogP contribution in [0.2, 0.25) is 0 Å². The molecule has 96 valence electrons. The lowest BCUT2D eigenvalue weighted by Crippen LogP contribution is -2.46. The van der Waals surface area contributed by atoms with Crippen molar-refractivity contribution in [2.24, 2.45) is 0 Å². The normalized spacial score (nSPS) is 30.6. The Labute approximate surface area is 114 Å². The Bertz CT molecular complexity index is 447. The summed E-state index contributed by atoms with van der Waals surface area (Å²) in [6.07, 6.45) is 4.26. The first-order valence-corrected chi connectivity index (χ1v) is 7.29. The molecule has 0 aliphatic carbocycles. The Balaban J connectivity index is 1.83. The Kier molecular flexibility index (Phi) is 3.14. The lowest BCUT2D eigenvalue weighted by Gasteiger charge is -2.37. The smallest absolute Gasteiger partial charge is 0.254 e. The average molecular weight is 312 g/mol. The largest absolute Gasteiger partial charge is 0.333 e. The maximum atomic E-state index is 12.9. The minimum absolute atomic E-state index is 0.0573. The van der Waals surface area contributed by atoms with Gasteiger partial charge in [0, 0.05) is 22.5 Å². The number of hydrogen-bond acceptors (Lipinski definition) is 1. The van der Waals surface area contributed by atoms with Crippen LogP contribution in [0.3, 0.4) is 0 Å². The highest BCUT2D eigenvalue weighted by Gasteiger charge is 2.42. The first kappa shape index (κ1) is 12.2. The Hall–Kier alpha value is -0.900. The molecule has 0 radical (unpaired) electrons. The van der Waals surface area contributed by atoms with Crippen molar-refractivity contribution in [3.05, 3.63) is 35.6 Å². The van der Waals surface area contributed by atoms with Crippen LogP contribution < -0.4 is 0 Å². The highest BCUT2D eigenvalue weighted by atomic mass is 79.9. The second-order valence-corrected chi connectivity index (χ2v) is 6.47. The summed E-state index contributed by atoms with van der Waals surface area (Å²) < 4.78 is 12.9. The molecule has 0 spiro atoms. The van der Waals surface area contributed by atoms with Gasteiger partial charge in [0.2, 0.25) is 0 Å². The number of carbonyl (C=O) groups is 1. The third kappa shape index (κ3) is 2.07. The van der Waals surface area contributed by atoms with Crippen LogP contribution in [-0.4, -0.2) is 27.7 Å². The molecule has 1 amide bonds. The van der Waals surface area contributed by atoms with Crippen molar-refractivity contribution in [3.63, 3.8) is 0 Å². The van der Waals surface area contributed by atoms with Gasteiger partial charge in [0.25, 0.3) is 5.91 Å². The van der Waals surface area contributed by atoms with Crippen LogP contribution in [0.5, 0.6) is 0 Å². The maximum Gasteiger partial charge on any atom is 0.254 e. The molecule has 0 aromatic heterocycles. The summed E-state index contributed by atoms with van der Waals surface area (Å²) in [6.45, 7) is 0. The van der Waals surface area contributed by atoms with E-state index in [1.54, 1.807) is 12.1 Å². The number of rotatable bonds is 1. The highest BCUT2D eigenvalue weighted by molar-refractivity contribution is 9.09. The predicted molar refractivity (Wildman–Crippen MR) is 71.3 cm³/mol. The molecule has 4 heteroatoms. The maximum absolute atomic E-state index is 12.9. The molecule has 2 fully saturated rings. The van der Waals surface area contributed by atoms with Gasteiger partial charge in [-0.3, -0.25) is 4.79 Å². The standard InChI is InChI=1S/C14H15BrFNO/c15-10-7-12-5-6-13(8-10)17(12)14(18)9-1-3-11(16)4-2-9/h1-4,10,12-13H,5-8H2. The fourth-order valence-electron chi connectivity index (χ4n) is 3.18. The van der Waals surface area contributed by atoms with Gasteiger partial charge in [0.1, 0.15) is 5.82 Å². The summed E-state index contributed by atoms with van der Waals surface area (Å²) in [6, 6.07) is 6.57. The number of carbonyl (C=O) groups excluding carboxylic acids is 1. The minimum atomic E-state index is -0.298. The zero-order valence-corrected chi connectivity index (χ0v) is 11.6. The quantitative estimate of drug-likeness (QED) is 0.728. The molecule has 2 unspecified atom stereocenters. The molecule has 2 aliphatic heterocycles. The number of hydrogen-bond donors (Lipinski definition) is 0. The second kappa shape index (κ2) is 4.65. The highest BCUT2D eigenvalue weighted by Crippen LogP contribution is 2.39. The molecule has 2 atom stereocenters. The molecule has 0 saturated carbocycles. The van der Waals surface area contributed by atoms with Crippen LogP contribution in [-0.2, 0) is 0 Å². The van der Waals surface area contributed by atoms with Crippen LogP contribution in [0.15, 0.2) is 24.3 Å². The van der Waals surface area contributed by atoms with E-state index in [1.807, 2.05) is 4.90 Å². The first-order valence-electron chi connectivity index (χ1n) is 6.37. The van der Waals surface area contributed by atoms with Crippen molar-refractivity contribution in [1.29, 1.82) is 0 Å². The van der Waals surface area contributed by atoms with Crippen LogP contribution in [0.4, 0.5) is 4.39 Å². The molecular weight excluding hydrogens is 297 g/mol. The van der Waals surface area contributed by atoms with E-state index in [9.17, 15) is 9.18 Å². The van der Waals surface area contributed by atoms with E-state index in [2.05, 4.69) is 15.9 Å². The molecule has 1 aromatic carbocycles. The Morgan fingerprint density at radius 1 is 1.17 bits per heavy atom. The van der Waals surface area contributed by atoms with Gasteiger partial charge in [0.15, 0.2) is 0 Å². The van der Waals surface area contributed by atoms with E-state index >= 15 is 0 Å². The number of fused-ring (bicyclic) bond motifs is 2. The van der Waals surface area contributed by atoms with Crippen molar-refractivity contribution in [2.75, 3.05) is 0 Å². The van der Waals surface area contributed by atoms with E-state index in [0.29, 0.717) is 22.5 Å². The number of amides is 1. The predicted octanol–water partition coefficient (Wildman–Crippen LogP) is 3.36. The van der Waals surface area contributed by atoms with Gasteiger partial charge in [-0.15, -0.1) is 0 Å². The van der Waals surface area contributed by atoms with Gasteiger partial charge in [-0.2, -0.15) is 0 Å². The Morgan fingerprint density at radius 3 is 2.28 bits per heavy atom. The monoisotopic (exact) mass is 311 g/mol. The van der Waals surface area contributed by atoms with Gasteiger partial charge < -0.3 is 4.90 Å². The van der Waals surface area contributed by atoms with Crippen molar-refractivity contribution < 1.29 is 9.18 Å². The molecule has 1 aromatic rings. The molecule has 2 heterocycles. The summed E-state index contributed by atoms with van der Waals surface area (Å²) in [7, 11) is 0. The molecule has 2 saturated heterocycles. The molecule has 0 N–H and O–H groups in total. The molecule has 2 nitrogen and oxygen atoms in total. The zero-order chi connectivity index (χ0) is 12.7. The van der Waals surface area contributed by atoms with E-state index in [4.69, 9.17) is 0 Å². The van der Waals surface area contributed by atoms with Crippen molar-refractivity contribution in [3.8, 4) is 0 Å². The van der Waals surface area contributed by atoms with E-state index in [-0.39, 0.29) is 11.7 Å². The van der Waals surface area contributed by atoms with Gasteiger partial charge in [-0.25, -0.2) is 4.39 Å². The average Bonchev–Trinajstić information content (AvgIpc) is 2.62. The Morgan fingerprint density at radius 2 is 1.72 bits per heavy atom. The number of alkyl halides is 1. The van der Waals surface area contributed by atoms with Crippen LogP contribution in [0.25, 0.3) is 0 Å². The molecule has 2 aliphatic rings. The van der Waals surface area contributed by atoms with Gasteiger partial charge in [0.05, 0.1) is 0 Å². The number of piperidine rings is 1. The molecular formula is C14H15BrFNO. The fraction of sp³-hybridized carbons (Fsp3) is 0.500. The third-order valence-electron chi connectivity index (χ3n) is 4.00. The zero-order valence-electron chi connectivity index (χ0n) is 9.98. The third-order valence-corrected chi connectivity index (χ3v) is 4.75. The van der Waals surface area contributed by atoms with E-state index < -0.39 is 0 Å². The van der Waals surface area contributed by atoms with Crippen LogP contribution >= 0.6 is 15.9 Å². The summed E-state index contributed by atoms with van der Waals surface area (Å²) in [5.74, 6) is -0.240. The first-order chi connectivity index (χ1) is 8.65. The summed E-state index contributed by atoms with van der Waals surface area (Å²) in [5, 5.41) is 0.